The molecule has 26 heavy (non-hydrogen) atoms. The van der Waals surface area contributed by atoms with Crippen LogP contribution in [0.2, 0.25) is 0 Å². The molecule has 0 bridgehead atoms. The lowest BCUT2D eigenvalue weighted by atomic mass is 10.1. The first kappa shape index (κ1) is 17.4. The number of alkyl halides is 3. The van der Waals surface area contributed by atoms with Gasteiger partial charge in [0.25, 0.3) is 0 Å². The van der Waals surface area contributed by atoms with E-state index in [0.29, 0.717) is 22.8 Å². The van der Waals surface area contributed by atoms with Crippen LogP contribution in [0.3, 0.4) is 0 Å². The van der Waals surface area contributed by atoms with Crippen LogP contribution in [-0.2, 0) is 4.79 Å². The summed E-state index contributed by atoms with van der Waals surface area (Å²) in [6.45, 7) is 1.80. The second-order valence-corrected chi connectivity index (χ2v) is 5.26. The molecule has 0 aliphatic rings. The number of aryl methyl sites for hydroxylation is 1. The van der Waals surface area contributed by atoms with Crippen molar-refractivity contribution in [2.75, 3.05) is 0 Å². The van der Waals surface area contributed by atoms with Crippen LogP contribution in [0.5, 0.6) is 5.75 Å². The lowest BCUT2D eigenvalue weighted by Gasteiger charge is -2.09. The number of hydrogen-bond donors (Lipinski definition) is 0. The molecule has 0 amide bonds. The molecule has 3 rings (SSSR count). The second-order valence-electron chi connectivity index (χ2n) is 5.26. The summed E-state index contributed by atoms with van der Waals surface area (Å²) in [7, 11) is 0. The van der Waals surface area contributed by atoms with Crippen LogP contribution < -0.4 is 4.74 Å². The Balaban J connectivity index is 1.86. The Bertz CT molecular complexity index is 974. The number of halogens is 3. The first-order valence-electron chi connectivity index (χ1n) is 7.32. The Morgan fingerprint density at radius 2 is 1.88 bits per heavy atom. The van der Waals surface area contributed by atoms with Gasteiger partial charge in [0.05, 0.1) is 11.4 Å². The number of benzene rings is 2. The molecule has 1 heterocycles. The van der Waals surface area contributed by atoms with E-state index in [1.807, 2.05) is 0 Å². The zero-order valence-corrected chi connectivity index (χ0v) is 13.4. The first-order valence-corrected chi connectivity index (χ1v) is 7.32. The summed E-state index contributed by atoms with van der Waals surface area (Å²) in [4.78, 5) is 18.3. The quantitative estimate of drug-likeness (QED) is 0.519. The highest BCUT2D eigenvalue weighted by Gasteiger charge is 2.30. The molecule has 0 aliphatic carbocycles. The van der Waals surface area contributed by atoms with Gasteiger partial charge in [-0.15, -0.1) is 18.3 Å². The van der Waals surface area contributed by atoms with Crippen LogP contribution in [0.1, 0.15) is 5.56 Å². The highest BCUT2D eigenvalue weighted by Crippen LogP contribution is 2.26. The SMILES string of the molecule is Cc1ccc(-c2ncn(-c3ccc(OC(F)(F)F)cc3)n2)cc1N=C=O. The van der Waals surface area contributed by atoms with Crippen LogP contribution in [0.15, 0.2) is 53.8 Å². The van der Waals surface area contributed by atoms with E-state index in [0.717, 1.165) is 5.56 Å². The Hall–Kier alpha value is -3.45. The molecule has 2 aromatic carbocycles. The molecule has 0 unspecified atom stereocenters. The van der Waals surface area contributed by atoms with Crippen molar-refractivity contribution in [1.82, 2.24) is 14.8 Å². The topological polar surface area (TPSA) is 69.4 Å². The zero-order chi connectivity index (χ0) is 18.7. The first-order chi connectivity index (χ1) is 12.4. The summed E-state index contributed by atoms with van der Waals surface area (Å²) in [5, 5.41) is 4.29. The summed E-state index contributed by atoms with van der Waals surface area (Å²) in [6.07, 6.45) is -1.82. The fourth-order valence-electron chi connectivity index (χ4n) is 2.24. The van der Waals surface area contributed by atoms with Gasteiger partial charge in [0, 0.05) is 5.56 Å². The highest BCUT2D eigenvalue weighted by molar-refractivity contribution is 5.65. The van der Waals surface area contributed by atoms with Gasteiger partial charge in [0.2, 0.25) is 6.08 Å². The van der Waals surface area contributed by atoms with Gasteiger partial charge in [-0.1, -0.05) is 12.1 Å². The van der Waals surface area contributed by atoms with Gasteiger partial charge in [0.1, 0.15) is 12.1 Å². The van der Waals surface area contributed by atoms with Crippen LogP contribution >= 0.6 is 0 Å². The lowest BCUT2D eigenvalue weighted by molar-refractivity contribution is -0.274. The van der Waals surface area contributed by atoms with E-state index < -0.39 is 6.36 Å². The minimum Gasteiger partial charge on any atom is -0.406 e. The number of aromatic nitrogens is 3. The van der Waals surface area contributed by atoms with Crippen LogP contribution in [0.4, 0.5) is 18.9 Å². The van der Waals surface area contributed by atoms with E-state index in [2.05, 4.69) is 19.8 Å². The van der Waals surface area contributed by atoms with Crippen LogP contribution in [0, 0.1) is 6.92 Å². The van der Waals surface area contributed by atoms with E-state index in [1.165, 1.54) is 41.4 Å². The normalized spacial score (nSPS) is 11.1. The van der Waals surface area contributed by atoms with E-state index in [1.54, 1.807) is 25.1 Å². The fraction of sp³-hybridized carbons (Fsp3) is 0.118. The molecule has 132 valence electrons. The lowest BCUT2D eigenvalue weighted by Crippen LogP contribution is -2.17. The van der Waals surface area contributed by atoms with Gasteiger partial charge in [-0.2, -0.15) is 4.99 Å². The van der Waals surface area contributed by atoms with E-state index in [-0.39, 0.29) is 5.75 Å². The molecule has 0 radical (unpaired) electrons. The number of nitrogens with zero attached hydrogens (tertiary/aromatic N) is 4. The number of isocyanates is 1. The van der Waals surface area contributed by atoms with Crippen LogP contribution in [0.25, 0.3) is 17.1 Å². The Morgan fingerprint density at radius 1 is 1.15 bits per heavy atom. The molecule has 1 aromatic heterocycles. The van der Waals surface area contributed by atoms with E-state index >= 15 is 0 Å². The predicted molar refractivity (Wildman–Crippen MR) is 86.0 cm³/mol. The van der Waals surface area contributed by atoms with Crippen LogP contribution in [-0.4, -0.2) is 27.2 Å². The number of carbonyl (C=O) groups excluding carboxylic acids is 1. The molecule has 0 N–H and O–H groups in total. The van der Waals surface area contributed by atoms with Crippen molar-refractivity contribution in [3.8, 4) is 22.8 Å². The van der Waals surface area contributed by atoms with Gasteiger partial charge >= 0.3 is 6.36 Å². The van der Waals surface area contributed by atoms with Gasteiger partial charge in [-0.25, -0.2) is 14.5 Å². The largest absolute Gasteiger partial charge is 0.573 e. The van der Waals surface area contributed by atoms with Crippen molar-refractivity contribution < 1.29 is 22.7 Å². The summed E-state index contributed by atoms with van der Waals surface area (Å²) < 4.78 is 41.8. The summed E-state index contributed by atoms with van der Waals surface area (Å²) >= 11 is 0. The third kappa shape index (κ3) is 3.96. The molecule has 0 atom stereocenters. The van der Waals surface area contributed by atoms with Gasteiger partial charge in [-0.05, 0) is 42.8 Å². The van der Waals surface area contributed by atoms with Gasteiger partial charge in [0.15, 0.2) is 5.82 Å². The molecule has 0 saturated carbocycles. The van der Waals surface area contributed by atoms with E-state index in [4.69, 9.17) is 0 Å². The second kappa shape index (κ2) is 6.81. The molecule has 3 aromatic rings. The van der Waals surface area contributed by atoms with Crippen molar-refractivity contribution in [3.05, 3.63) is 54.4 Å². The molecule has 0 saturated heterocycles. The molecular weight excluding hydrogens is 349 g/mol. The molecule has 6 nitrogen and oxygen atoms in total. The van der Waals surface area contributed by atoms with Crippen molar-refractivity contribution in [2.45, 2.75) is 13.3 Å². The maximum absolute atomic E-state index is 12.2. The molecular formula is C17H11F3N4O2. The summed E-state index contributed by atoms with van der Waals surface area (Å²) in [6, 6.07) is 10.4. The van der Waals surface area contributed by atoms with Crippen molar-refractivity contribution in [1.29, 1.82) is 0 Å². The number of aliphatic imine (C=N–C) groups is 1. The van der Waals surface area contributed by atoms with Crippen molar-refractivity contribution >= 4 is 11.8 Å². The zero-order valence-electron chi connectivity index (χ0n) is 13.4. The highest BCUT2D eigenvalue weighted by atomic mass is 19.4. The average Bonchev–Trinajstić information content (AvgIpc) is 3.06. The maximum Gasteiger partial charge on any atom is 0.573 e. The monoisotopic (exact) mass is 360 g/mol. The van der Waals surface area contributed by atoms with Crippen molar-refractivity contribution in [2.24, 2.45) is 4.99 Å². The Kier molecular flexibility index (Phi) is 4.55. The van der Waals surface area contributed by atoms with E-state index in [9.17, 15) is 18.0 Å². The smallest absolute Gasteiger partial charge is 0.406 e. The molecule has 0 fully saturated rings. The number of ether oxygens (including phenoxy) is 1. The molecule has 0 aliphatic heterocycles. The number of hydrogen-bond acceptors (Lipinski definition) is 5. The van der Waals surface area contributed by atoms with Gasteiger partial charge in [-0.3, -0.25) is 0 Å². The molecule has 9 heteroatoms. The minimum absolute atomic E-state index is 0.323. The molecule has 0 spiro atoms. The standard InChI is InChI=1S/C17H11F3N4O2/c1-11-2-3-12(8-15(11)22-10-25)16-21-9-24(23-16)13-4-6-14(7-5-13)26-17(18,19)20/h2-9H,1H3. The third-order valence-electron chi connectivity index (χ3n) is 3.46. The average molecular weight is 360 g/mol. The fourth-order valence-corrected chi connectivity index (χ4v) is 2.24. The third-order valence-corrected chi connectivity index (χ3v) is 3.46. The number of rotatable bonds is 4. The maximum atomic E-state index is 12.2. The Labute approximate surface area is 145 Å². The predicted octanol–water partition coefficient (Wildman–Crippen LogP) is 4.11. The summed E-state index contributed by atoms with van der Waals surface area (Å²) in [5.74, 6) is 0.0551. The van der Waals surface area contributed by atoms with Gasteiger partial charge < -0.3 is 4.74 Å². The van der Waals surface area contributed by atoms with Crippen molar-refractivity contribution in [3.63, 3.8) is 0 Å². The Morgan fingerprint density at radius 3 is 2.54 bits per heavy atom. The summed E-state index contributed by atoms with van der Waals surface area (Å²) in [5.41, 5.74) is 2.41. The minimum atomic E-state index is -4.74.